The molecule has 1 aliphatic heterocycles. The maximum Gasteiger partial charge on any atom is 0.270 e. The molecule has 3 aromatic heterocycles. The summed E-state index contributed by atoms with van der Waals surface area (Å²) in [5, 5.41) is 17.6. The zero-order valence-electron chi connectivity index (χ0n) is 19.0. The summed E-state index contributed by atoms with van der Waals surface area (Å²) in [6, 6.07) is 6.19. The highest BCUT2D eigenvalue weighted by Crippen LogP contribution is 2.42. The molecule has 5 rings (SSSR count). The summed E-state index contributed by atoms with van der Waals surface area (Å²) in [6.07, 6.45) is 6.08. The Morgan fingerprint density at radius 1 is 1.36 bits per heavy atom. The first-order valence-corrected chi connectivity index (χ1v) is 11.2. The molecule has 1 aliphatic carbocycles. The molecule has 9 nitrogen and oxygen atoms in total. The molecule has 0 spiro atoms. The molecule has 1 unspecified atom stereocenters. The average Bonchev–Trinajstić information content (AvgIpc) is 3.33. The molecule has 1 saturated carbocycles. The van der Waals surface area contributed by atoms with Gasteiger partial charge in [0.15, 0.2) is 0 Å². The lowest BCUT2D eigenvalue weighted by Crippen LogP contribution is -2.42. The number of ether oxygens (including phenoxy) is 1. The van der Waals surface area contributed by atoms with Crippen molar-refractivity contribution >= 4 is 22.6 Å². The number of aromatic nitrogens is 4. The summed E-state index contributed by atoms with van der Waals surface area (Å²) in [5.41, 5.74) is 2.45. The third-order valence-electron chi connectivity index (χ3n) is 6.79. The molecular weight excluding hydrogens is 420 g/mol. The van der Waals surface area contributed by atoms with Crippen molar-refractivity contribution in [2.75, 3.05) is 18.5 Å². The van der Waals surface area contributed by atoms with Crippen LogP contribution in [0, 0.1) is 24.2 Å². The van der Waals surface area contributed by atoms with Gasteiger partial charge in [0.05, 0.1) is 41.5 Å². The minimum Gasteiger partial charge on any atom is -0.379 e. The van der Waals surface area contributed by atoms with Crippen molar-refractivity contribution in [2.24, 2.45) is 5.92 Å². The van der Waals surface area contributed by atoms with E-state index in [1.807, 2.05) is 25.3 Å². The number of pyridine rings is 1. The summed E-state index contributed by atoms with van der Waals surface area (Å²) < 4.78 is 9.29. The van der Waals surface area contributed by atoms with Crippen LogP contribution in [-0.2, 0) is 15.1 Å². The molecule has 4 heterocycles. The van der Waals surface area contributed by atoms with Gasteiger partial charge in [-0.05, 0) is 45.2 Å². The Kier molecular flexibility index (Phi) is 5.05. The molecule has 2 fully saturated rings. The van der Waals surface area contributed by atoms with Gasteiger partial charge in [-0.1, -0.05) is 0 Å². The number of amides is 1. The molecule has 1 saturated heterocycles. The van der Waals surface area contributed by atoms with E-state index in [0.717, 1.165) is 35.7 Å². The van der Waals surface area contributed by atoms with Crippen molar-refractivity contribution in [3.8, 4) is 17.3 Å². The van der Waals surface area contributed by atoms with Crippen LogP contribution in [0.2, 0.25) is 0 Å². The van der Waals surface area contributed by atoms with Crippen LogP contribution in [0.5, 0.6) is 0 Å². The van der Waals surface area contributed by atoms with Gasteiger partial charge in [-0.3, -0.25) is 9.59 Å². The molecule has 3 aromatic rings. The summed E-state index contributed by atoms with van der Waals surface area (Å²) in [7, 11) is 0. The molecule has 1 N–H and O–H groups in total. The van der Waals surface area contributed by atoms with E-state index in [2.05, 4.69) is 20.9 Å². The molecule has 2 aliphatic rings. The van der Waals surface area contributed by atoms with E-state index in [0.29, 0.717) is 30.3 Å². The Hall–Kier alpha value is -3.51. The third-order valence-corrected chi connectivity index (χ3v) is 6.79. The van der Waals surface area contributed by atoms with Gasteiger partial charge in [-0.2, -0.15) is 10.4 Å². The highest BCUT2D eigenvalue weighted by atomic mass is 16.5. The van der Waals surface area contributed by atoms with Crippen molar-refractivity contribution in [2.45, 2.75) is 51.6 Å². The molecule has 33 heavy (non-hydrogen) atoms. The maximum atomic E-state index is 13.0. The second kappa shape index (κ2) is 7.81. The summed E-state index contributed by atoms with van der Waals surface area (Å²) in [6.45, 7) is 6.28. The Bertz CT molecular complexity index is 1350. The fourth-order valence-electron chi connectivity index (χ4n) is 4.76. The fourth-order valence-corrected chi connectivity index (χ4v) is 4.76. The molecule has 0 radical (unpaired) electrons. The standard InChI is InChI=1S/C24H26N6O3/c1-14-6-20(28-30(23(14)32)24(3)4-5-33-13-24)19-12-29(17-7-16(8-17)10-25)21-11-26-22(9-18(19)21)27-15(2)31/h6,9,11-12,16-17H,4-5,7-8,13H2,1-3H3,(H,26,27,31). The maximum absolute atomic E-state index is 13.0. The van der Waals surface area contributed by atoms with Crippen molar-refractivity contribution in [1.29, 1.82) is 5.26 Å². The summed E-state index contributed by atoms with van der Waals surface area (Å²) in [5.74, 6) is 0.321. The number of fused-ring (bicyclic) bond motifs is 1. The summed E-state index contributed by atoms with van der Waals surface area (Å²) >= 11 is 0. The lowest BCUT2D eigenvalue weighted by atomic mass is 9.81. The molecule has 9 heteroatoms. The minimum atomic E-state index is -0.493. The van der Waals surface area contributed by atoms with E-state index in [-0.39, 0.29) is 23.4 Å². The van der Waals surface area contributed by atoms with E-state index in [1.54, 1.807) is 17.8 Å². The molecule has 170 valence electrons. The van der Waals surface area contributed by atoms with E-state index in [4.69, 9.17) is 9.84 Å². The number of aryl methyl sites for hydroxylation is 1. The predicted molar refractivity (Wildman–Crippen MR) is 123 cm³/mol. The van der Waals surface area contributed by atoms with E-state index in [1.165, 1.54) is 6.92 Å². The zero-order chi connectivity index (χ0) is 23.3. The first-order chi connectivity index (χ1) is 15.8. The van der Waals surface area contributed by atoms with Gasteiger partial charge < -0.3 is 14.6 Å². The number of anilines is 1. The van der Waals surface area contributed by atoms with Crippen LogP contribution in [0.3, 0.4) is 0 Å². The van der Waals surface area contributed by atoms with Gasteiger partial charge in [-0.15, -0.1) is 0 Å². The lowest BCUT2D eigenvalue weighted by molar-refractivity contribution is -0.114. The first-order valence-electron chi connectivity index (χ1n) is 11.2. The molecule has 1 atom stereocenters. The van der Waals surface area contributed by atoms with E-state index >= 15 is 0 Å². The lowest BCUT2D eigenvalue weighted by Gasteiger charge is -2.32. The largest absolute Gasteiger partial charge is 0.379 e. The second-order valence-electron chi connectivity index (χ2n) is 9.40. The zero-order valence-corrected chi connectivity index (χ0v) is 19.0. The van der Waals surface area contributed by atoms with Crippen molar-refractivity contribution in [1.82, 2.24) is 19.3 Å². The molecule has 0 aromatic carbocycles. The van der Waals surface area contributed by atoms with Gasteiger partial charge in [0, 0.05) is 42.3 Å². The SMILES string of the molecule is CC(=O)Nc1cc2c(-c3cc(C)c(=O)n(C4(C)CCOC4)n3)cn(C3CC(C#N)C3)c2cn1. The van der Waals surface area contributed by atoms with Crippen LogP contribution >= 0.6 is 0 Å². The average molecular weight is 447 g/mol. The highest BCUT2D eigenvalue weighted by Gasteiger charge is 2.35. The molecule has 1 amide bonds. The first kappa shape index (κ1) is 21.3. The Morgan fingerprint density at radius 3 is 2.82 bits per heavy atom. The fraction of sp³-hybridized carbons (Fsp3) is 0.458. The highest BCUT2D eigenvalue weighted by molar-refractivity contribution is 5.98. The molecular formula is C24H26N6O3. The van der Waals surface area contributed by atoms with Gasteiger partial charge in [0.25, 0.3) is 5.56 Å². The van der Waals surface area contributed by atoms with Gasteiger partial charge >= 0.3 is 0 Å². The number of carbonyl (C=O) groups excluding carboxylic acids is 1. The normalized spacial score (nSPS) is 24.4. The van der Waals surface area contributed by atoms with Crippen LogP contribution in [0.1, 0.15) is 44.7 Å². The van der Waals surface area contributed by atoms with Crippen molar-refractivity contribution < 1.29 is 9.53 Å². The minimum absolute atomic E-state index is 0.0621. The van der Waals surface area contributed by atoms with Crippen LogP contribution < -0.4 is 10.9 Å². The predicted octanol–water partition coefficient (Wildman–Crippen LogP) is 3.14. The van der Waals surface area contributed by atoms with Crippen molar-refractivity contribution in [3.05, 3.63) is 40.4 Å². The monoisotopic (exact) mass is 446 g/mol. The van der Waals surface area contributed by atoms with Crippen molar-refractivity contribution in [3.63, 3.8) is 0 Å². The topological polar surface area (TPSA) is 115 Å². The van der Waals surface area contributed by atoms with Crippen LogP contribution in [0.25, 0.3) is 22.2 Å². The molecule has 0 bridgehead atoms. The van der Waals surface area contributed by atoms with Crippen LogP contribution in [0.4, 0.5) is 5.82 Å². The Labute approximate surface area is 191 Å². The Morgan fingerprint density at radius 2 is 2.15 bits per heavy atom. The number of nitrogens with one attached hydrogen (secondary N) is 1. The number of carbonyl (C=O) groups is 1. The van der Waals surface area contributed by atoms with Gasteiger partial charge in [-0.25, -0.2) is 9.67 Å². The quantitative estimate of drug-likeness (QED) is 0.658. The van der Waals surface area contributed by atoms with Gasteiger partial charge in [0.2, 0.25) is 5.91 Å². The second-order valence-corrected chi connectivity index (χ2v) is 9.40. The Balaban J connectivity index is 1.68. The number of hydrogen-bond acceptors (Lipinski definition) is 6. The number of nitriles is 1. The van der Waals surface area contributed by atoms with E-state index in [9.17, 15) is 14.9 Å². The number of hydrogen-bond donors (Lipinski definition) is 1. The van der Waals surface area contributed by atoms with E-state index < -0.39 is 5.54 Å². The summed E-state index contributed by atoms with van der Waals surface area (Å²) in [4.78, 5) is 29.0. The number of rotatable bonds is 4. The van der Waals surface area contributed by atoms with Gasteiger partial charge in [0.1, 0.15) is 5.82 Å². The smallest absolute Gasteiger partial charge is 0.270 e. The number of nitrogens with zero attached hydrogens (tertiary/aromatic N) is 5. The van der Waals surface area contributed by atoms with Crippen LogP contribution in [-0.4, -0.2) is 38.5 Å². The van der Waals surface area contributed by atoms with Crippen LogP contribution in [0.15, 0.2) is 29.3 Å². The third kappa shape index (κ3) is 3.60.